The molecule has 0 unspecified atom stereocenters. The van der Waals surface area contributed by atoms with E-state index < -0.39 is 22.9 Å². The molecular formula is C21H27ClN3O3+. The first-order chi connectivity index (χ1) is 13.0. The van der Waals surface area contributed by atoms with E-state index in [1.54, 1.807) is 12.1 Å². The number of hydrogen-bond donors (Lipinski definition) is 2. The summed E-state index contributed by atoms with van der Waals surface area (Å²) in [5.41, 5.74) is -0.502. The first kappa shape index (κ1) is 19.4. The normalized spacial score (nSPS) is 31.8. The summed E-state index contributed by atoms with van der Waals surface area (Å²) in [7, 11) is 0. The number of fused-ring (bicyclic) bond motifs is 4. The molecule has 6 nitrogen and oxygen atoms in total. The van der Waals surface area contributed by atoms with Gasteiger partial charge in [-0.3, -0.25) is 19.3 Å². The number of para-hydroxylation sites is 1. The summed E-state index contributed by atoms with van der Waals surface area (Å²) >= 11 is 6.34. The number of likely N-dealkylation sites (tertiary alicyclic amines) is 1. The molecule has 1 aromatic carbocycles. The first-order valence-corrected chi connectivity index (χ1v) is 10.2. The fourth-order valence-electron chi connectivity index (χ4n) is 5.38. The highest BCUT2D eigenvalue weighted by atomic mass is 35.5. The van der Waals surface area contributed by atoms with Gasteiger partial charge < -0.3 is 10.6 Å². The predicted molar refractivity (Wildman–Crippen MR) is 106 cm³/mol. The van der Waals surface area contributed by atoms with Gasteiger partial charge in [0, 0.05) is 17.5 Å². The van der Waals surface area contributed by atoms with Gasteiger partial charge in [-0.1, -0.05) is 31.5 Å². The quantitative estimate of drug-likeness (QED) is 0.738. The Morgan fingerprint density at radius 1 is 1.21 bits per heavy atom. The van der Waals surface area contributed by atoms with Crippen LogP contribution in [0.25, 0.3) is 0 Å². The second-order valence-corrected chi connectivity index (χ2v) is 10.0. The van der Waals surface area contributed by atoms with Gasteiger partial charge >= 0.3 is 0 Å². The number of imide groups is 1. The Bertz CT molecular complexity index is 891. The molecule has 0 bridgehead atoms. The van der Waals surface area contributed by atoms with E-state index in [9.17, 15) is 14.4 Å². The number of halogens is 1. The molecule has 3 amide bonds. The summed E-state index contributed by atoms with van der Waals surface area (Å²) in [6, 6.07) is 5.23. The molecule has 0 aliphatic carbocycles. The average molecular weight is 405 g/mol. The van der Waals surface area contributed by atoms with Gasteiger partial charge in [0.25, 0.3) is 5.91 Å². The Labute approximate surface area is 170 Å². The molecule has 3 aliphatic heterocycles. The Kier molecular flexibility index (Phi) is 4.18. The van der Waals surface area contributed by atoms with Crippen molar-refractivity contribution in [2.45, 2.75) is 58.2 Å². The maximum absolute atomic E-state index is 13.5. The van der Waals surface area contributed by atoms with E-state index in [2.05, 4.69) is 19.2 Å². The van der Waals surface area contributed by atoms with Crippen molar-refractivity contribution < 1.29 is 19.7 Å². The van der Waals surface area contributed by atoms with E-state index in [1.807, 2.05) is 32.2 Å². The number of carbonyl (C=O) groups is 3. The maximum atomic E-state index is 13.5. The van der Waals surface area contributed by atoms with Gasteiger partial charge in [-0.05, 0) is 38.8 Å². The molecule has 4 atom stereocenters. The monoisotopic (exact) mass is 404 g/mol. The first-order valence-electron chi connectivity index (χ1n) is 9.84. The van der Waals surface area contributed by atoms with Crippen molar-refractivity contribution in [2.24, 2.45) is 17.8 Å². The lowest BCUT2D eigenvalue weighted by Gasteiger charge is -2.33. The van der Waals surface area contributed by atoms with Crippen molar-refractivity contribution >= 4 is 35.0 Å². The number of anilines is 1. The zero-order valence-electron chi connectivity index (χ0n) is 16.9. The molecule has 3 heterocycles. The minimum absolute atomic E-state index is 0.135. The number of nitrogens with one attached hydrogen (secondary N) is 1. The fraction of sp³-hybridized carbons (Fsp3) is 0.571. The van der Waals surface area contributed by atoms with Gasteiger partial charge in [-0.15, -0.1) is 0 Å². The van der Waals surface area contributed by atoms with Crippen molar-refractivity contribution in [2.75, 3.05) is 5.32 Å². The van der Waals surface area contributed by atoms with Crippen LogP contribution in [0.4, 0.5) is 5.69 Å². The summed E-state index contributed by atoms with van der Waals surface area (Å²) in [6.07, 6.45) is 0.753. The summed E-state index contributed by atoms with van der Waals surface area (Å²) in [5.74, 6) is -1.56. The Morgan fingerprint density at radius 2 is 1.89 bits per heavy atom. The van der Waals surface area contributed by atoms with Crippen molar-refractivity contribution in [3.8, 4) is 0 Å². The molecule has 0 aromatic heterocycles. The molecule has 4 rings (SSSR count). The molecule has 7 heteroatoms. The average Bonchev–Trinajstić information content (AvgIpc) is 3.13. The topological polar surface area (TPSA) is 83.1 Å². The number of carbonyl (C=O) groups excluding carboxylic acids is 3. The van der Waals surface area contributed by atoms with Gasteiger partial charge in [0.1, 0.15) is 17.9 Å². The summed E-state index contributed by atoms with van der Waals surface area (Å²) in [6.45, 7) is 9.76. The van der Waals surface area contributed by atoms with E-state index >= 15 is 0 Å². The van der Waals surface area contributed by atoms with E-state index in [-0.39, 0.29) is 23.8 Å². The van der Waals surface area contributed by atoms with Crippen LogP contribution in [0.3, 0.4) is 0 Å². The lowest BCUT2D eigenvalue weighted by Crippen LogP contribution is -2.99. The number of nitrogens with zero attached hydrogens (tertiary/aromatic N) is 1. The van der Waals surface area contributed by atoms with Gasteiger partial charge in [0.15, 0.2) is 0 Å². The van der Waals surface area contributed by atoms with Crippen LogP contribution in [-0.2, 0) is 19.9 Å². The standard InChI is InChI=1S/C21H26ClN3O3/c1-10(2)9-13-14-15(18(27)25(17(14)26)20(3,4)5)21(24-13)11-7-6-8-12(22)16(11)23-19(21)28/h6-8,10,13-15,24H,9H2,1-5H3,(H,23,28)/p+1/t13-,14-,15+,21-/m1/s1. The number of quaternary nitrogens is 1. The van der Waals surface area contributed by atoms with E-state index in [1.165, 1.54) is 4.90 Å². The number of hydrogen-bond acceptors (Lipinski definition) is 3. The lowest BCUT2D eigenvalue weighted by molar-refractivity contribution is -0.734. The van der Waals surface area contributed by atoms with Gasteiger partial charge in [0.05, 0.1) is 10.7 Å². The van der Waals surface area contributed by atoms with Gasteiger partial charge in [-0.2, -0.15) is 0 Å². The highest BCUT2D eigenvalue weighted by Crippen LogP contribution is 2.52. The zero-order chi connectivity index (χ0) is 20.6. The third kappa shape index (κ3) is 2.40. The number of benzene rings is 1. The lowest BCUT2D eigenvalue weighted by atomic mass is 9.76. The second kappa shape index (κ2) is 6.04. The van der Waals surface area contributed by atoms with Crippen LogP contribution in [0.15, 0.2) is 18.2 Å². The molecule has 1 aromatic rings. The third-order valence-electron chi connectivity index (χ3n) is 6.27. The molecule has 150 valence electrons. The van der Waals surface area contributed by atoms with Gasteiger partial charge in [0.2, 0.25) is 17.4 Å². The number of amides is 3. The molecular weight excluding hydrogens is 378 g/mol. The van der Waals surface area contributed by atoms with E-state index in [4.69, 9.17) is 11.6 Å². The Hall–Kier alpha value is -1.92. The molecule has 1 spiro atoms. The highest BCUT2D eigenvalue weighted by molar-refractivity contribution is 6.35. The molecule has 3 aliphatic rings. The zero-order valence-corrected chi connectivity index (χ0v) is 17.6. The molecule has 2 saturated heterocycles. The van der Waals surface area contributed by atoms with Crippen molar-refractivity contribution in [3.63, 3.8) is 0 Å². The molecule has 0 radical (unpaired) electrons. The third-order valence-corrected chi connectivity index (χ3v) is 6.58. The van der Waals surface area contributed by atoms with Crippen molar-refractivity contribution in [3.05, 3.63) is 28.8 Å². The van der Waals surface area contributed by atoms with Crippen LogP contribution in [0.2, 0.25) is 5.02 Å². The predicted octanol–water partition coefficient (Wildman–Crippen LogP) is 1.88. The van der Waals surface area contributed by atoms with E-state index in [0.29, 0.717) is 22.2 Å². The van der Waals surface area contributed by atoms with Crippen LogP contribution >= 0.6 is 11.6 Å². The molecule has 0 saturated carbocycles. The second-order valence-electron chi connectivity index (χ2n) is 9.63. The minimum Gasteiger partial charge on any atom is -0.326 e. The number of rotatable bonds is 2. The minimum atomic E-state index is -1.14. The summed E-state index contributed by atoms with van der Waals surface area (Å²) in [5, 5.41) is 5.31. The maximum Gasteiger partial charge on any atom is 0.291 e. The molecule has 2 fully saturated rings. The van der Waals surface area contributed by atoms with Crippen LogP contribution in [0, 0.1) is 17.8 Å². The largest absolute Gasteiger partial charge is 0.326 e. The van der Waals surface area contributed by atoms with Crippen molar-refractivity contribution in [1.29, 1.82) is 0 Å². The fourth-order valence-corrected chi connectivity index (χ4v) is 5.60. The van der Waals surface area contributed by atoms with Crippen LogP contribution < -0.4 is 10.6 Å². The Morgan fingerprint density at radius 3 is 2.50 bits per heavy atom. The summed E-state index contributed by atoms with van der Waals surface area (Å²) < 4.78 is 0. The number of nitrogens with two attached hydrogens (primary N) is 1. The Balaban J connectivity index is 1.91. The smallest absolute Gasteiger partial charge is 0.291 e. The van der Waals surface area contributed by atoms with Crippen LogP contribution in [0.1, 0.15) is 46.6 Å². The van der Waals surface area contributed by atoms with Crippen molar-refractivity contribution in [1.82, 2.24) is 4.90 Å². The summed E-state index contributed by atoms with van der Waals surface area (Å²) in [4.78, 5) is 41.6. The highest BCUT2D eigenvalue weighted by Gasteiger charge is 2.75. The molecule has 3 N–H and O–H groups in total. The van der Waals surface area contributed by atoms with Crippen LogP contribution in [-0.4, -0.2) is 34.2 Å². The van der Waals surface area contributed by atoms with Gasteiger partial charge in [-0.25, -0.2) is 0 Å². The van der Waals surface area contributed by atoms with E-state index in [0.717, 1.165) is 6.42 Å². The molecule has 28 heavy (non-hydrogen) atoms. The van der Waals surface area contributed by atoms with Crippen LogP contribution in [0.5, 0.6) is 0 Å². The SMILES string of the molecule is CC(C)C[C@H]1[NH2+][C@@]2(C(=O)Nc3c(Cl)cccc32)[C@@H]2C(=O)N(C(C)(C)C)C(=O)[C@@H]21.